The predicted octanol–water partition coefficient (Wildman–Crippen LogP) is 4.11. The van der Waals surface area contributed by atoms with E-state index >= 15 is 0 Å². The normalized spacial score (nSPS) is 11.7. The van der Waals surface area contributed by atoms with Gasteiger partial charge in [-0.15, -0.1) is 0 Å². The van der Waals surface area contributed by atoms with Crippen LogP contribution in [0.3, 0.4) is 0 Å². The lowest BCUT2D eigenvalue weighted by Gasteiger charge is -2.18. The minimum atomic E-state index is -0.606. The Balaban J connectivity index is 2.07. The number of carbonyl (C=O) groups is 1. The third-order valence-electron chi connectivity index (χ3n) is 3.67. The van der Waals surface area contributed by atoms with Gasteiger partial charge in [0.25, 0.3) is 5.91 Å². The Morgan fingerprint density at radius 2 is 1.78 bits per heavy atom. The van der Waals surface area contributed by atoms with E-state index in [4.69, 9.17) is 9.47 Å². The largest absolute Gasteiger partial charge is 0.492 e. The van der Waals surface area contributed by atoms with Crippen LogP contribution in [0.2, 0.25) is 0 Å². The van der Waals surface area contributed by atoms with Crippen molar-refractivity contribution in [2.24, 2.45) is 0 Å². The molecule has 0 radical (unpaired) electrons. The maximum atomic E-state index is 12.4. The van der Waals surface area contributed by atoms with E-state index < -0.39 is 6.10 Å². The summed E-state index contributed by atoms with van der Waals surface area (Å²) in [6, 6.07) is 13.2. The second kappa shape index (κ2) is 7.68. The zero-order valence-corrected chi connectivity index (χ0v) is 14.1. The smallest absolute Gasteiger partial charge is 0.265 e. The molecule has 0 spiro atoms. The molecule has 0 fully saturated rings. The first-order chi connectivity index (χ1) is 11.0. The first kappa shape index (κ1) is 16.9. The fourth-order valence-electron chi connectivity index (χ4n) is 2.18. The molecule has 2 aromatic carbocycles. The van der Waals surface area contributed by atoms with Gasteiger partial charge in [-0.05, 0) is 57.0 Å². The van der Waals surface area contributed by atoms with Gasteiger partial charge in [0.05, 0.1) is 12.3 Å². The third kappa shape index (κ3) is 4.25. The second-order valence-electron chi connectivity index (χ2n) is 5.38. The van der Waals surface area contributed by atoms with E-state index in [0.717, 1.165) is 16.9 Å². The van der Waals surface area contributed by atoms with Crippen LogP contribution >= 0.6 is 0 Å². The molecule has 0 aromatic heterocycles. The summed E-state index contributed by atoms with van der Waals surface area (Å²) in [5, 5.41) is 2.86. The van der Waals surface area contributed by atoms with Crippen molar-refractivity contribution in [3.63, 3.8) is 0 Å². The molecule has 0 aliphatic carbocycles. The molecule has 0 bridgehead atoms. The highest BCUT2D eigenvalue weighted by Gasteiger charge is 2.17. The van der Waals surface area contributed by atoms with Crippen molar-refractivity contribution >= 4 is 11.6 Å². The highest BCUT2D eigenvalue weighted by Crippen LogP contribution is 2.25. The van der Waals surface area contributed by atoms with E-state index in [0.29, 0.717) is 18.0 Å². The number of carbonyl (C=O) groups excluding carboxylic acids is 1. The Morgan fingerprint density at radius 1 is 1.09 bits per heavy atom. The number of hydrogen-bond acceptors (Lipinski definition) is 3. The van der Waals surface area contributed by atoms with E-state index in [2.05, 4.69) is 5.32 Å². The number of rotatable bonds is 6. The number of para-hydroxylation sites is 2. The molecule has 0 saturated carbocycles. The average molecular weight is 313 g/mol. The summed E-state index contributed by atoms with van der Waals surface area (Å²) >= 11 is 0. The summed E-state index contributed by atoms with van der Waals surface area (Å²) in [6.45, 7) is 8.19. The van der Waals surface area contributed by atoms with E-state index in [1.54, 1.807) is 6.92 Å². The van der Waals surface area contributed by atoms with Crippen LogP contribution in [0, 0.1) is 13.8 Å². The molecule has 23 heavy (non-hydrogen) atoms. The molecule has 0 heterocycles. The number of anilines is 1. The monoisotopic (exact) mass is 313 g/mol. The van der Waals surface area contributed by atoms with Crippen LogP contribution in [-0.2, 0) is 4.79 Å². The van der Waals surface area contributed by atoms with Gasteiger partial charge in [0, 0.05) is 0 Å². The minimum absolute atomic E-state index is 0.210. The molecule has 2 aromatic rings. The fourth-order valence-corrected chi connectivity index (χ4v) is 2.18. The van der Waals surface area contributed by atoms with Gasteiger partial charge >= 0.3 is 0 Å². The molecule has 0 saturated heterocycles. The summed E-state index contributed by atoms with van der Waals surface area (Å²) in [5.74, 6) is 1.17. The number of benzene rings is 2. The molecule has 1 N–H and O–H groups in total. The van der Waals surface area contributed by atoms with E-state index in [9.17, 15) is 4.79 Å². The molecule has 4 heteroatoms. The summed E-state index contributed by atoms with van der Waals surface area (Å²) in [5.41, 5.74) is 2.83. The van der Waals surface area contributed by atoms with Crippen LogP contribution in [0.5, 0.6) is 11.5 Å². The summed E-state index contributed by atoms with van der Waals surface area (Å²) in [7, 11) is 0. The van der Waals surface area contributed by atoms with Gasteiger partial charge in [0.1, 0.15) is 11.5 Å². The Morgan fingerprint density at radius 3 is 2.52 bits per heavy atom. The lowest BCUT2D eigenvalue weighted by Crippen LogP contribution is -2.30. The van der Waals surface area contributed by atoms with E-state index in [1.165, 1.54) is 0 Å². The highest BCUT2D eigenvalue weighted by molar-refractivity contribution is 5.95. The van der Waals surface area contributed by atoms with Crippen molar-refractivity contribution in [1.82, 2.24) is 0 Å². The predicted molar refractivity (Wildman–Crippen MR) is 92.2 cm³/mol. The number of amides is 1. The fraction of sp³-hybridized carbons (Fsp3) is 0.316. The zero-order chi connectivity index (χ0) is 16.8. The zero-order valence-electron chi connectivity index (χ0n) is 14.1. The maximum Gasteiger partial charge on any atom is 0.265 e. The second-order valence-corrected chi connectivity index (χ2v) is 5.38. The Labute approximate surface area is 137 Å². The highest BCUT2D eigenvalue weighted by atomic mass is 16.5. The van der Waals surface area contributed by atoms with Gasteiger partial charge in [-0.25, -0.2) is 0 Å². The van der Waals surface area contributed by atoms with Crippen LogP contribution in [0.1, 0.15) is 25.0 Å². The van der Waals surface area contributed by atoms with Crippen LogP contribution in [-0.4, -0.2) is 18.6 Å². The quantitative estimate of drug-likeness (QED) is 0.873. The summed E-state index contributed by atoms with van der Waals surface area (Å²) < 4.78 is 11.3. The maximum absolute atomic E-state index is 12.4. The third-order valence-corrected chi connectivity index (χ3v) is 3.67. The van der Waals surface area contributed by atoms with Gasteiger partial charge in [-0.3, -0.25) is 4.79 Å². The molecule has 0 aliphatic heterocycles. The van der Waals surface area contributed by atoms with Gasteiger partial charge in [-0.2, -0.15) is 0 Å². The van der Waals surface area contributed by atoms with Gasteiger partial charge in [0.2, 0.25) is 0 Å². The Hall–Kier alpha value is -2.49. The minimum Gasteiger partial charge on any atom is -0.492 e. The SMILES string of the molecule is CCOc1ccccc1NC(=O)C(C)Oc1cccc(C)c1C. The first-order valence-corrected chi connectivity index (χ1v) is 7.78. The lowest BCUT2D eigenvalue weighted by atomic mass is 10.1. The van der Waals surface area contributed by atoms with Crippen LogP contribution in [0.15, 0.2) is 42.5 Å². The standard InChI is InChI=1S/C19H23NO3/c1-5-22-18-11-7-6-10-16(18)20-19(21)15(4)23-17-12-8-9-13(2)14(17)3/h6-12,15H,5H2,1-4H3,(H,20,21). The molecule has 0 aliphatic rings. The topological polar surface area (TPSA) is 47.6 Å². The first-order valence-electron chi connectivity index (χ1n) is 7.78. The molecular formula is C19H23NO3. The van der Waals surface area contributed by atoms with Crippen LogP contribution < -0.4 is 14.8 Å². The average Bonchev–Trinajstić information content (AvgIpc) is 2.54. The summed E-state index contributed by atoms with van der Waals surface area (Å²) in [6.07, 6.45) is -0.606. The molecule has 4 nitrogen and oxygen atoms in total. The van der Waals surface area contributed by atoms with Crippen LogP contribution in [0.4, 0.5) is 5.69 Å². The molecular weight excluding hydrogens is 290 g/mol. The van der Waals surface area contributed by atoms with E-state index in [-0.39, 0.29) is 5.91 Å². The van der Waals surface area contributed by atoms with Crippen molar-refractivity contribution in [3.8, 4) is 11.5 Å². The summed E-state index contributed by atoms with van der Waals surface area (Å²) in [4.78, 5) is 12.4. The Kier molecular flexibility index (Phi) is 5.63. The van der Waals surface area contributed by atoms with Crippen molar-refractivity contribution < 1.29 is 14.3 Å². The van der Waals surface area contributed by atoms with Crippen molar-refractivity contribution in [2.75, 3.05) is 11.9 Å². The van der Waals surface area contributed by atoms with Crippen molar-refractivity contribution in [1.29, 1.82) is 0 Å². The number of hydrogen-bond donors (Lipinski definition) is 1. The molecule has 1 atom stereocenters. The van der Waals surface area contributed by atoms with Gasteiger partial charge in [-0.1, -0.05) is 24.3 Å². The van der Waals surface area contributed by atoms with Crippen LogP contribution in [0.25, 0.3) is 0 Å². The van der Waals surface area contributed by atoms with Gasteiger partial charge < -0.3 is 14.8 Å². The number of nitrogens with one attached hydrogen (secondary N) is 1. The molecule has 122 valence electrons. The van der Waals surface area contributed by atoms with Gasteiger partial charge in [0.15, 0.2) is 6.10 Å². The lowest BCUT2D eigenvalue weighted by molar-refractivity contribution is -0.122. The van der Waals surface area contributed by atoms with E-state index in [1.807, 2.05) is 63.2 Å². The Bertz CT molecular complexity index is 682. The molecule has 1 unspecified atom stereocenters. The molecule has 1 amide bonds. The van der Waals surface area contributed by atoms with Crippen molar-refractivity contribution in [2.45, 2.75) is 33.8 Å². The molecule has 2 rings (SSSR count). The number of ether oxygens (including phenoxy) is 2. The van der Waals surface area contributed by atoms with Crippen molar-refractivity contribution in [3.05, 3.63) is 53.6 Å². The number of aryl methyl sites for hydroxylation is 1.